The number of rotatable bonds is 6. The van der Waals surface area contributed by atoms with Gasteiger partial charge in [0, 0.05) is 13.1 Å². The summed E-state index contributed by atoms with van der Waals surface area (Å²) in [6.45, 7) is 1.54. The largest absolute Gasteiger partial charge is 0.305 e. The molecule has 19 heavy (non-hydrogen) atoms. The highest BCUT2D eigenvalue weighted by molar-refractivity contribution is 7.91. The Bertz CT molecular complexity index is 568. The minimum Gasteiger partial charge on any atom is -0.305 e. The van der Waals surface area contributed by atoms with Crippen LogP contribution in [0, 0.1) is 17.2 Å². The fourth-order valence-electron chi connectivity index (χ4n) is 1.96. The summed E-state index contributed by atoms with van der Waals surface area (Å²) in [5, 5.41) is 8.69. The van der Waals surface area contributed by atoms with E-state index >= 15 is 0 Å². The van der Waals surface area contributed by atoms with Gasteiger partial charge in [-0.3, -0.25) is 0 Å². The second-order valence-electron chi connectivity index (χ2n) is 5.16. The van der Waals surface area contributed by atoms with E-state index in [-0.39, 0.29) is 5.75 Å². The normalized spacial score (nSPS) is 15.4. The highest BCUT2D eigenvalue weighted by Gasteiger charge is 2.23. The average molecular weight is 278 g/mol. The summed E-state index contributed by atoms with van der Waals surface area (Å²) in [5.41, 5.74) is 0.477. The van der Waals surface area contributed by atoms with Gasteiger partial charge in [-0.2, -0.15) is 5.26 Å². The Morgan fingerprint density at radius 1 is 1.32 bits per heavy atom. The van der Waals surface area contributed by atoms with E-state index in [2.05, 4.69) is 4.90 Å². The molecule has 0 spiro atoms. The van der Waals surface area contributed by atoms with Crippen LogP contribution in [0.1, 0.15) is 18.4 Å². The molecule has 4 nitrogen and oxygen atoms in total. The molecule has 0 aromatic heterocycles. The van der Waals surface area contributed by atoms with Gasteiger partial charge < -0.3 is 4.90 Å². The van der Waals surface area contributed by atoms with E-state index in [0.717, 1.165) is 12.5 Å². The molecule has 0 atom stereocenters. The van der Waals surface area contributed by atoms with Gasteiger partial charge in [0.25, 0.3) is 0 Å². The van der Waals surface area contributed by atoms with Crippen LogP contribution in [0.25, 0.3) is 0 Å². The summed E-state index contributed by atoms with van der Waals surface area (Å²) in [5.74, 6) is 0.893. The Hall–Kier alpha value is -1.38. The molecule has 1 aromatic rings. The van der Waals surface area contributed by atoms with Crippen LogP contribution in [0.4, 0.5) is 0 Å². The van der Waals surface area contributed by atoms with Gasteiger partial charge >= 0.3 is 0 Å². The maximum atomic E-state index is 12.1. The van der Waals surface area contributed by atoms with Gasteiger partial charge in [0.15, 0.2) is 9.84 Å². The van der Waals surface area contributed by atoms with E-state index < -0.39 is 9.84 Å². The molecule has 0 heterocycles. The fourth-order valence-corrected chi connectivity index (χ4v) is 3.30. The van der Waals surface area contributed by atoms with Crippen molar-refractivity contribution >= 4 is 9.84 Å². The summed E-state index contributed by atoms with van der Waals surface area (Å²) in [7, 11) is -1.28. The van der Waals surface area contributed by atoms with Gasteiger partial charge in [0.05, 0.1) is 22.3 Å². The molecule has 1 aliphatic carbocycles. The van der Waals surface area contributed by atoms with E-state index in [9.17, 15) is 8.42 Å². The van der Waals surface area contributed by atoms with Crippen LogP contribution in [0.5, 0.6) is 0 Å². The van der Waals surface area contributed by atoms with Crippen LogP contribution in [0.3, 0.4) is 0 Å². The fraction of sp³-hybridized carbons (Fsp3) is 0.500. The lowest BCUT2D eigenvalue weighted by Crippen LogP contribution is -2.27. The van der Waals surface area contributed by atoms with Crippen LogP contribution < -0.4 is 0 Å². The lowest BCUT2D eigenvalue weighted by atomic mass is 10.2. The van der Waals surface area contributed by atoms with Gasteiger partial charge in [-0.05, 0) is 50.1 Å². The monoisotopic (exact) mass is 278 g/mol. The molecule has 2 rings (SSSR count). The van der Waals surface area contributed by atoms with Crippen LogP contribution >= 0.6 is 0 Å². The Morgan fingerprint density at radius 2 is 1.95 bits per heavy atom. The first kappa shape index (κ1) is 14.0. The van der Waals surface area contributed by atoms with Crippen molar-refractivity contribution in [3.05, 3.63) is 29.8 Å². The quantitative estimate of drug-likeness (QED) is 0.794. The maximum Gasteiger partial charge on any atom is 0.179 e. The molecule has 0 aliphatic heterocycles. The summed E-state index contributed by atoms with van der Waals surface area (Å²) in [6, 6.07) is 8.08. The first-order chi connectivity index (χ1) is 9.01. The van der Waals surface area contributed by atoms with E-state index in [1.807, 2.05) is 13.1 Å². The van der Waals surface area contributed by atoms with E-state index in [1.54, 1.807) is 12.1 Å². The predicted octanol–water partition coefficient (Wildman–Crippen LogP) is 1.67. The highest BCUT2D eigenvalue weighted by Crippen LogP contribution is 2.29. The van der Waals surface area contributed by atoms with Gasteiger partial charge in [0.1, 0.15) is 0 Å². The molecule has 102 valence electrons. The third-order valence-corrected chi connectivity index (χ3v) is 5.06. The third-order valence-electron chi connectivity index (χ3n) is 3.35. The van der Waals surface area contributed by atoms with Gasteiger partial charge in [-0.15, -0.1) is 0 Å². The predicted molar refractivity (Wildman–Crippen MR) is 73.4 cm³/mol. The van der Waals surface area contributed by atoms with Gasteiger partial charge in [-0.25, -0.2) is 8.42 Å². The smallest absolute Gasteiger partial charge is 0.179 e. The van der Waals surface area contributed by atoms with Gasteiger partial charge in [0.2, 0.25) is 0 Å². The van der Waals surface area contributed by atoms with Crippen LogP contribution in [-0.2, 0) is 9.84 Å². The second-order valence-corrected chi connectivity index (χ2v) is 7.27. The Labute approximate surface area is 114 Å². The van der Waals surface area contributed by atoms with E-state index in [0.29, 0.717) is 17.0 Å². The standard InChI is InChI=1S/C14H18N2O2S/c1-16(11-13-2-3-13)8-9-19(17,18)14-6-4-12(10-15)5-7-14/h4-7,13H,2-3,8-9,11H2,1H3. The third kappa shape index (κ3) is 4.05. The molecule has 1 aromatic carbocycles. The number of sulfone groups is 1. The molecule has 1 saturated carbocycles. The number of nitrogens with zero attached hydrogens (tertiary/aromatic N) is 2. The van der Waals surface area contributed by atoms with Gasteiger partial charge in [-0.1, -0.05) is 0 Å². The van der Waals surface area contributed by atoms with Crippen LogP contribution in [-0.4, -0.2) is 39.2 Å². The summed E-state index contributed by atoms with van der Waals surface area (Å²) in [6.07, 6.45) is 2.54. The van der Waals surface area contributed by atoms with Crippen LogP contribution in [0.15, 0.2) is 29.2 Å². The van der Waals surface area contributed by atoms with Crippen molar-refractivity contribution in [2.75, 3.05) is 25.9 Å². The maximum absolute atomic E-state index is 12.1. The zero-order valence-corrected chi connectivity index (χ0v) is 11.9. The Morgan fingerprint density at radius 3 is 2.47 bits per heavy atom. The molecule has 0 saturated heterocycles. The van der Waals surface area contributed by atoms with Crippen molar-refractivity contribution in [2.24, 2.45) is 5.92 Å². The van der Waals surface area contributed by atoms with Crippen molar-refractivity contribution < 1.29 is 8.42 Å². The summed E-state index contributed by atoms with van der Waals surface area (Å²) in [4.78, 5) is 2.38. The molecule has 5 heteroatoms. The average Bonchev–Trinajstić information content (AvgIpc) is 3.20. The van der Waals surface area contributed by atoms with Crippen molar-refractivity contribution in [3.8, 4) is 6.07 Å². The van der Waals surface area contributed by atoms with E-state index in [4.69, 9.17) is 5.26 Å². The second kappa shape index (κ2) is 5.72. The van der Waals surface area contributed by atoms with Crippen molar-refractivity contribution in [3.63, 3.8) is 0 Å². The summed E-state index contributed by atoms with van der Waals surface area (Å²) >= 11 is 0. The molecular formula is C14H18N2O2S. The number of hydrogen-bond acceptors (Lipinski definition) is 4. The molecule has 0 unspecified atom stereocenters. The summed E-state index contributed by atoms with van der Waals surface area (Å²) < 4.78 is 24.3. The lowest BCUT2D eigenvalue weighted by molar-refractivity contribution is 0.338. The molecule has 0 radical (unpaired) electrons. The Balaban J connectivity index is 1.94. The minimum atomic E-state index is -3.25. The molecular weight excluding hydrogens is 260 g/mol. The number of benzene rings is 1. The molecule has 1 aliphatic rings. The molecule has 1 fully saturated rings. The SMILES string of the molecule is CN(CCS(=O)(=O)c1ccc(C#N)cc1)CC1CC1. The molecule has 0 bridgehead atoms. The molecule has 0 amide bonds. The van der Waals surface area contributed by atoms with E-state index in [1.165, 1.54) is 25.0 Å². The lowest BCUT2D eigenvalue weighted by Gasteiger charge is -2.15. The topological polar surface area (TPSA) is 61.2 Å². The van der Waals surface area contributed by atoms with Crippen molar-refractivity contribution in [1.29, 1.82) is 5.26 Å². The first-order valence-electron chi connectivity index (χ1n) is 6.43. The molecule has 0 N–H and O–H groups in total. The Kier molecular flexibility index (Phi) is 4.23. The zero-order chi connectivity index (χ0) is 13.9. The number of hydrogen-bond donors (Lipinski definition) is 0. The zero-order valence-electron chi connectivity index (χ0n) is 11.0. The highest BCUT2D eigenvalue weighted by atomic mass is 32.2. The number of nitriles is 1. The van der Waals surface area contributed by atoms with Crippen molar-refractivity contribution in [2.45, 2.75) is 17.7 Å². The van der Waals surface area contributed by atoms with Crippen LogP contribution in [0.2, 0.25) is 0 Å². The minimum absolute atomic E-state index is 0.127. The first-order valence-corrected chi connectivity index (χ1v) is 8.08. The van der Waals surface area contributed by atoms with Crippen molar-refractivity contribution in [1.82, 2.24) is 4.90 Å².